The Balaban J connectivity index is 2.48. The van der Waals surface area contributed by atoms with Gasteiger partial charge in [0.15, 0.2) is 0 Å². The van der Waals surface area contributed by atoms with E-state index >= 15 is 0 Å². The zero-order chi connectivity index (χ0) is 13.1. The van der Waals surface area contributed by atoms with Crippen molar-refractivity contribution in [1.82, 2.24) is 0 Å². The zero-order valence-corrected chi connectivity index (χ0v) is 10.0. The molecule has 5 heteroatoms. The third kappa shape index (κ3) is 2.22. The van der Waals surface area contributed by atoms with E-state index in [9.17, 15) is 4.39 Å². The lowest BCUT2D eigenvalue weighted by Gasteiger charge is -2.12. The van der Waals surface area contributed by atoms with E-state index in [0.717, 1.165) is 0 Å². The number of para-hydroxylation sites is 1. The van der Waals surface area contributed by atoms with Crippen molar-refractivity contribution in [3.63, 3.8) is 0 Å². The number of rotatable bonds is 2. The molecule has 3 nitrogen and oxygen atoms in total. The predicted molar refractivity (Wildman–Crippen MR) is 70.3 cm³/mol. The highest BCUT2D eigenvalue weighted by molar-refractivity contribution is 6.34. The molecule has 2 aromatic rings. The van der Waals surface area contributed by atoms with Crippen molar-refractivity contribution in [3.05, 3.63) is 52.8 Å². The van der Waals surface area contributed by atoms with Crippen LogP contribution in [-0.4, -0.2) is 0 Å². The molecule has 0 atom stereocenters. The number of nitrogen functional groups attached to an aromatic ring is 1. The first-order valence-corrected chi connectivity index (χ1v) is 5.51. The fraction of sp³-hybridized carbons (Fsp3) is 0. The van der Waals surface area contributed by atoms with E-state index < -0.39 is 5.82 Å². The van der Waals surface area contributed by atoms with Crippen LogP contribution in [0.1, 0.15) is 5.56 Å². The van der Waals surface area contributed by atoms with Gasteiger partial charge in [-0.3, -0.25) is 0 Å². The average Bonchev–Trinajstić information content (AvgIpc) is 2.34. The molecule has 0 aliphatic rings. The summed E-state index contributed by atoms with van der Waals surface area (Å²) in [5.41, 5.74) is 6.92. The molecule has 0 aliphatic heterocycles. The molecule has 0 unspecified atom stereocenters. The van der Waals surface area contributed by atoms with E-state index in [0.29, 0.717) is 22.1 Å². The second kappa shape index (κ2) is 4.94. The Kier molecular flexibility index (Phi) is 3.35. The molecule has 0 saturated carbocycles. The minimum Gasteiger partial charge on any atom is -0.397 e. The predicted octanol–water partition coefficient (Wildman–Crippen LogP) is 3.68. The topological polar surface area (TPSA) is 61.8 Å². The van der Waals surface area contributed by atoms with Gasteiger partial charge in [0.2, 0.25) is 0 Å². The number of nitrogens with one attached hydrogen (secondary N) is 1. The summed E-state index contributed by atoms with van der Waals surface area (Å²) in [7, 11) is 0. The smallest absolute Gasteiger partial charge is 0.143 e. The van der Waals surface area contributed by atoms with Gasteiger partial charge < -0.3 is 11.1 Å². The van der Waals surface area contributed by atoms with Crippen molar-refractivity contribution < 1.29 is 4.39 Å². The van der Waals surface area contributed by atoms with Crippen molar-refractivity contribution in [2.45, 2.75) is 0 Å². The number of anilines is 3. The number of benzene rings is 2. The first-order chi connectivity index (χ1) is 8.63. The molecule has 0 bridgehead atoms. The van der Waals surface area contributed by atoms with Crippen molar-refractivity contribution in [1.29, 1.82) is 5.26 Å². The maximum Gasteiger partial charge on any atom is 0.143 e. The van der Waals surface area contributed by atoms with Gasteiger partial charge in [0, 0.05) is 0 Å². The third-order valence-electron chi connectivity index (χ3n) is 2.43. The minimum absolute atomic E-state index is 0.0724. The average molecular weight is 262 g/mol. The van der Waals surface area contributed by atoms with E-state index in [1.54, 1.807) is 30.3 Å². The van der Waals surface area contributed by atoms with E-state index in [1.165, 1.54) is 12.1 Å². The SMILES string of the molecule is N#Cc1c(F)cccc1Nc1c(N)cccc1Cl. The van der Waals surface area contributed by atoms with Gasteiger partial charge in [0.05, 0.1) is 22.1 Å². The van der Waals surface area contributed by atoms with Crippen molar-refractivity contribution in [2.75, 3.05) is 11.1 Å². The van der Waals surface area contributed by atoms with E-state index in [2.05, 4.69) is 5.32 Å². The summed E-state index contributed by atoms with van der Waals surface area (Å²) in [6, 6.07) is 11.1. The van der Waals surface area contributed by atoms with Crippen LogP contribution in [0, 0.1) is 17.1 Å². The van der Waals surface area contributed by atoms with Crippen LogP contribution in [0.3, 0.4) is 0 Å². The summed E-state index contributed by atoms with van der Waals surface area (Å²) >= 11 is 6.00. The second-order valence-corrected chi connectivity index (χ2v) is 4.01. The highest BCUT2D eigenvalue weighted by atomic mass is 35.5. The largest absolute Gasteiger partial charge is 0.397 e. The van der Waals surface area contributed by atoms with Gasteiger partial charge in [0.1, 0.15) is 17.4 Å². The summed E-state index contributed by atoms with van der Waals surface area (Å²) < 4.78 is 13.4. The number of nitrogens with two attached hydrogens (primary N) is 1. The molecular formula is C13H9ClFN3. The molecule has 2 aromatic carbocycles. The molecule has 3 N–H and O–H groups in total. The van der Waals surface area contributed by atoms with E-state index in [4.69, 9.17) is 22.6 Å². The van der Waals surface area contributed by atoms with Gasteiger partial charge in [-0.05, 0) is 24.3 Å². The molecule has 2 rings (SSSR count). The van der Waals surface area contributed by atoms with Gasteiger partial charge in [-0.1, -0.05) is 23.7 Å². The van der Waals surface area contributed by atoms with Gasteiger partial charge in [-0.25, -0.2) is 4.39 Å². The summed E-state index contributed by atoms with van der Waals surface area (Å²) in [6.45, 7) is 0. The molecule has 0 fully saturated rings. The molecule has 0 saturated heterocycles. The van der Waals surface area contributed by atoms with Crippen LogP contribution >= 0.6 is 11.6 Å². The number of halogens is 2. The maximum absolute atomic E-state index is 13.4. The number of nitriles is 1. The highest BCUT2D eigenvalue weighted by Gasteiger charge is 2.10. The fourth-order valence-electron chi connectivity index (χ4n) is 1.55. The fourth-order valence-corrected chi connectivity index (χ4v) is 1.78. The van der Waals surface area contributed by atoms with Crippen LogP contribution in [0.15, 0.2) is 36.4 Å². The summed E-state index contributed by atoms with van der Waals surface area (Å²) in [5.74, 6) is -0.590. The van der Waals surface area contributed by atoms with Crippen LogP contribution in [0.25, 0.3) is 0 Å². The minimum atomic E-state index is -0.590. The van der Waals surface area contributed by atoms with Gasteiger partial charge in [-0.2, -0.15) is 5.26 Å². The van der Waals surface area contributed by atoms with Crippen LogP contribution < -0.4 is 11.1 Å². The summed E-state index contributed by atoms with van der Waals surface area (Å²) in [5, 5.41) is 12.2. The number of nitrogens with zero attached hydrogens (tertiary/aromatic N) is 1. The summed E-state index contributed by atoms with van der Waals surface area (Å²) in [4.78, 5) is 0. The molecular weight excluding hydrogens is 253 g/mol. The lowest BCUT2D eigenvalue weighted by molar-refractivity contribution is 0.624. The molecule has 18 heavy (non-hydrogen) atoms. The highest BCUT2D eigenvalue weighted by Crippen LogP contribution is 2.32. The second-order valence-electron chi connectivity index (χ2n) is 3.60. The lowest BCUT2D eigenvalue weighted by atomic mass is 10.1. The standard InChI is InChI=1S/C13H9ClFN3/c14-9-3-1-5-11(17)13(9)18-12-6-2-4-10(15)8(12)7-16/h1-6,18H,17H2. The van der Waals surface area contributed by atoms with Crippen LogP contribution in [0.4, 0.5) is 21.5 Å². The van der Waals surface area contributed by atoms with Gasteiger partial charge >= 0.3 is 0 Å². The Bertz CT molecular complexity index is 614. The number of hydrogen-bond acceptors (Lipinski definition) is 3. The Morgan fingerprint density at radius 2 is 1.94 bits per heavy atom. The van der Waals surface area contributed by atoms with Crippen LogP contribution in [0.2, 0.25) is 5.02 Å². The first kappa shape index (κ1) is 12.2. The van der Waals surface area contributed by atoms with Crippen molar-refractivity contribution in [2.24, 2.45) is 0 Å². The van der Waals surface area contributed by atoms with Gasteiger partial charge in [-0.15, -0.1) is 0 Å². The molecule has 0 amide bonds. The molecule has 0 heterocycles. The lowest BCUT2D eigenvalue weighted by Crippen LogP contribution is -2.00. The van der Waals surface area contributed by atoms with Crippen LogP contribution in [0.5, 0.6) is 0 Å². The Morgan fingerprint density at radius 3 is 2.61 bits per heavy atom. The maximum atomic E-state index is 13.4. The Hall–Kier alpha value is -2.25. The number of hydrogen-bond donors (Lipinski definition) is 2. The molecule has 0 aromatic heterocycles. The Labute approximate surface area is 109 Å². The molecule has 0 aliphatic carbocycles. The van der Waals surface area contributed by atoms with Crippen molar-refractivity contribution >= 4 is 28.7 Å². The third-order valence-corrected chi connectivity index (χ3v) is 2.75. The van der Waals surface area contributed by atoms with Gasteiger partial charge in [0.25, 0.3) is 0 Å². The Morgan fingerprint density at radius 1 is 1.22 bits per heavy atom. The normalized spacial score (nSPS) is 9.83. The quantitative estimate of drug-likeness (QED) is 0.811. The monoisotopic (exact) mass is 261 g/mol. The van der Waals surface area contributed by atoms with Crippen molar-refractivity contribution in [3.8, 4) is 6.07 Å². The summed E-state index contributed by atoms with van der Waals surface area (Å²) in [6.07, 6.45) is 0. The first-order valence-electron chi connectivity index (χ1n) is 5.13. The molecule has 0 radical (unpaired) electrons. The molecule has 90 valence electrons. The molecule has 0 spiro atoms. The zero-order valence-electron chi connectivity index (χ0n) is 9.24. The van der Waals surface area contributed by atoms with E-state index in [1.807, 2.05) is 0 Å². The van der Waals surface area contributed by atoms with Crippen LogP contribution in [-0.2, 0) is 0 Å². The van der Waals surface area contributed by atoms with E-state index in [-0.39, 0.29) is 5.56 Å².